The van der Waals surface area contributed by atoms with Gasteiger partial charge in [-0.1, -0.05) is 6.07 Å². The number of rotatable bonds is 7. The molecule has 0 spiro atoms. The molecule has 0 unspecified atom stereocenters. The van der Waals surface area contributed by atoms with E-state index in [4.69, 9.17) is 9.72 Å². The Hall–Kier alpha value is -2.74. The van der Waals surface area contributed by atoms with E-state index in [1.54, 1.807) is 13.3 Å². The highest BCUT2D eigenvalue weighted by atomic mass is 16.5. The molecule has 0 amide bonds. The molecular weight excluding hydrogens is 414 g/mol. The van der Waals surface area contributed by atoms with Gasteiger partial charge in [0.25, 0.3) is 0 Å². The average Bonchev–Trinajstić information content (AvgIpc) is 2.87. The number of hydrogen-bond donors (Lipinski definition) is 3. The molecule has 7 nitrogen and oxygen atoms in total. The molecule has 3 aromatic rings. The quantitative estimate of drug-likeness (QED) is 0.513. The van der Waals surface area contributed by atoms with Gasteiger partial charge in [0, 0.05) is 37.3 Å². The van der Waals surface area contributed by atoms with E-state index in [1.807, 2.05) is 24.3 Å². The summed E-state index contributed by atoms with van der Waals surface area (Å²) in [5.41, 5.74) is 4.21. The van der Waals surface area contributed by atoms with Crippen molar-refractivity contribution in [2.75, 3.05) is 38.6 Å². The zero-order valence-corrected chi connectivity index (χ0v) is 19.3. The minimum absolute atomic E-state index is 0.482. The van der Waals surface area contributed by atoms with Crippen molar-refractivity contribution in [1.82, 2.24) is 20.2 Å². The number of nitrogens with zero attached hydrogens (tertiary/aromatic N) is 3. The molecule has 4 heterocycles. The molecule has 7 heteroatoms. The molecule has 33 heavy (non-hydrogen) atoms. The lowest BCUT2D eigenvalue weighted by molar-refractivity contribution is 0.0948. The van der Waals surface area contributed by atoms with Gasteiger partial charge in [0.05, 0.1) is 24.4 Å². The molecule has 2 aromatic heterocycles. The van der Waals surface area contributed by atoms with Gasteiger partial charge in [-0.05, 0) is 80.2 Å². The minimum Gasteiger partial charge on any atom is -0.497 e. The lowest BCUT2D eigenvalue weighted by Crippen LogP contribution is -2.43. The molecule has 5 rings (SSSR count). The van der Waals surface area contributed by atoms with Crippen molar-refractivity contribution in [3.8, 4) is 5.75 Å². The highest BCUT2D eigenvalue weighted by molar-refractivity contribution is 5.83. The number of pyridine rings is 2. The Labute approximate surface area is 195 Å². The molecule has 2 aliphatic rings. The Morgan fingerprint density at radius 1 is 1.21 bits per heavy atom. The number of hydrogen-bond acceptors (Lipinski definition) is 7. The van der Waals surface area contributed by atoms with Crippen LogP contribution in [0.4, 0.5) is 5.82 Å². The monoisotopic (exact) mass is 447 g/mol. The third-order valence-corrected chi connectivity index (χ3v) is 6.88. The van der Waals surface area contributed by atoms with Crippen molar-refractivity contribution in [2.24, 2.45) is 0 Å². The van der Waals surface area contributed by atoms with Gasteiger partial charge in [-0.25, -0.2) is 4.98 Å². The third-order valence-electron chi connectivity index (χ3n) is 6.88. The molecule has 2 aliphatic heterocycles. The zero-order valence-electron chi connectivity index (χ0n) is 19.3. The molecule has 1 saturated heterocycles. The first-order valence-electron chi connectivity index (χ1n) is 12.0. The Bertz CT molecular complexity index is 1100. The lowest BCUT2D eigenvalue weighted by atomic mass is 10.0. The van der Waals surface area contributed by atoms with Gasteiger partial charge >= 0.3 is 0 Å². The van der Waals surface area contributed by atoms with Crippen molar-refractivity contribution in [3.05, 3.63) is 59.4 Å². The normalized spacial score (nSPS) is 18.0. The maximum absolute atomic E-state index is 11.0. The molecule has 0 bridgehead atoms. The number of aromatic nitrogens is 2. The lowest BCUT2D eigenvalue weighted by Gasteiger charge is -2.33. The zero-order chi connectivity index (χ0) is 22.6. The van der Waals surface area contributed by atoms with Crippen LogP contribution in [0.3, 0.4) is 0 Å². The number of aryl methyl sites for hydroxylation is 1. The standard InChI is InChI=1S/C26H33N5O2/c1-33-21-6-7-24-23(15-21)22(8-12-27-24)25(32)17-31-13-9-19(10-14-31)29-16-20-5-4-18-3-2-11-28-26(18)30-20/h4-8,12,15,19,25,29,32H,2-3,9-11,13-14,16-17H2,1H3,(H,28,30)/t25-/m0/s1. The Morgan fingerprint density at radius 2 is 2.09 bits per heavy atom. The number of ether oxygens (including phenoxy) is 1. The van der Waals surface area contributed by atoms with E-state index >= 15 is 0 Å². The topological polar surface area (TPSA) is 82.5 Å². The van der Waals surface area contributed by atoms with Crippen molar-refractivity contribution < 1.29 is 9.84 Å². The molecule has 1 atom stereocenters. The van der Waals surface area contributed by atoms with E-state index in [0.717, 1.165) is 79.2 Å². The first-order chi connectivity index (χ1) is 16.2. The number of aliphatic hydroxyl groups is 1. The van der Waals surface area contributed by atoms with Gasteiger partial charge in [0.15, 0.2) is 0 Å². The average molecular weight is 448 g/mol. The number of β-amino-alcohol motifs (C(OH)–C–C–N with tert-alkyl or cyclic N) is 1. The summed E-state index contributed by atoms with van der Waals surface area (Å²) in [7, 11) is 1.66. The predicted molar refractivity (Wildman–Crippen MR) is 131 cm³/mol. The molecule has 174 valence electrons. The predicted octanol–water partition coefficient (Wildman–Crippen LogP) is 3.28. The van der Waals surface area contributed by atoms with Gasteiger partial charge < -0.3 is 25.4 Å². The fourth-order valence-corrected chi connectivity index (χ4v) is 4.94. The van der Waals surface area contributed by atoms with Crippen LogP contribution < -0.4 is 15.4 Å². The van der Waals surface area contributed by atoms with Crippen LogP contribution in [0, 0.1) is 0 Å². The maximum atomic E-state index is 11.0. The second-order valence-corrected chi connectivity index (χ2v) is 9.10. The van der Waals surface area contributed by atoms with Crippen LogP contribution in [0.2, 0.25) is 0 Å². The van der Waals surface area contributed by atoms with Crippen molar-refractivity contribution >= 4 is 16.7 Å². The SMILES string of the molecule is COc1ccc2nccc([C@@H](O)CN3CCC(NCc4ccc5c(n4)NCCC5)CC3)c2c1. The second-order valence-electron chi connectivity index (χ2n) is 9.10. The van der Waals surface area contributed by atoms with Crippen LogP contribution in [0.5, 0.6) is 5.75 Å². The number of methoxy groups -OCH3 is 1. The van der Waals surface area contributed by atoms with Crippen LogP contribution >= 0.6 is 0 Å². The maximum Gasteiger partial charge on any atom is 0.129 e. The Morgan fingerprint density at radius 3 is 2.94 bits per heavy atom. The fraction of sp³-hybridized carbons (Fsp3) is 0.462. The second kappa shape index (κ2) is 10.0. The van der Waals surface area contributed by atoms with Gasteiger partial charge in [0.1, 0.15) is 11.6 Å². The number of nitrogens with one attached hydrogen (secondary N) is 2. The van der Waals surface area contributed by atoms with Crippen molar-refractivity contribution in [2.45, 2.75) is 44.4 Å². The summed E-state index contributed by atoms with van der Waals surface area (Å²) in [6, 6.07) is 12.6. The summed E-state index contributed by atoms with van der Waals surface area (Å²) < 4.78 is 5.37. The van der Waals surface area contributed by atoms with Gasteiger partial charge in [0.2, 0.25) is 0 Å². The largest absolute Gasteiger partial charge is 0.497 e. The molecule has 1 aromatic carbocycles. The van der Waals surface area contributed by atoms with Crippen LogP contribution in [0.1, 0.15) is 42.2 Å². The number of anilines is 1. The number of likely N-dealkylation sites (tertiary alicyclic amines) is 1. The van der Waals surface area contributed by atoms with E-state index < -0.39 is 6.10 Å². The van der Waals surface area contributed by atoms with E-state index in [1.165, 1.54) is 12.0 Å². The fourth-order valence-electron chi connectivity index (χ4n) is 4.94. The third kappa shape index (κ3) is 5.11. The minimum atomic E-state index is -0.556. The smallest absolute Gasteiger partial charge is 0.129 e. The van der Waals surface area contributed by atoms with E-state index in [-0.39, 0.29) is 0 Å². The summed E-state index contributed by atoms with van der Waals surface area (Å²) in [6.07, 6.45) is 5.66. The van der Waals surface area contributed by atoms with E-state index in [2.05, 4.69) is 32.7 Å². The number of piperidine rings is 1. The van der Waals surface area contributed by atoms with Crippen molar-refractivity contribution in [3.63, 3.8) is 0 Å². The van der Waals surface area contributed by atoms with E-state index in [0.29, 0.717) is 12.6 Å². The molecule has 3 N–H and O–H groups in total. The Kier molecular flexibility index (Phi) is 6.71. The van der Waals surface area contributed by atoms with Gasteiger partial charge in [-0.15, -0.1) is 0 Å². The summed E-state index contributed by atoms with van der Waals surface area (Å²) in [6.45, 7) is 4.39. The summed E-state index contributed by atoms with van der Waals surface area (Å²) in [5.74, 6) is 1.84. The highest BCUT2D eigenvalue weighted by Gasteiger charge is 2.22. The molecule has 0 saturated carbocycles. The molecular formula is C26H33N5O2. The van der Waals surface area contributed by atoms with Gasteiger partial charge in [-0.3, -0.25) is 4.98 Å². The highest BCUT2D eigenvalue weighted by Crippen LogP contribution is 2.28. The molecule has 0 aliphatic carbocycles. The van der Waals surface area contributed by atoms with Gasteiger partial charge in [-0.2, -0.15) is 0 Å². The first-order valence-corrected chi connectivity index (χ1v) is 12.0. The first kappa shape index (κ1) is 22.1. The Balaban J connectivity index is 1.14. The molecule has 0 radical (unpaired) electrons. The summed E-state index contributed by atoms with van der Waals surface area (Å²) >= 11 is 0. The van der Waals surface area contributed by atoms with Crippen LogP contribution in [-0.4, -0.2) is 59.3 Å². The van der Waals surface area contributed by atoms with Crippen LogP contribution in [-0.2, 0) is 13.0 Å². The van der Waals surface area contributed by atoms with Crippen LogP contribution in [0.25, 0.3) is 10.9 Å². The van der Waals surface area contributed by atoms with E-state index in [9.17, 15) is 5.11 Å². The van der Waals surface area contributed by atoms with Crippen molar-refractivity contribution in [1.29, 1.82) is 0 Å². The molecule has 1 fully saturated rings. The number of aliphatic hydroxyl groups excluding tert-OH is 1. The number of fused-ring (bicyclic) bond motifs is 2. The number of benzene rings is 1. The summed E-state index contributed by atoms with van der Waals surface area (Å²) in [4.78, 5) is 11.6. The summed E-state index contributed by atoms with van der Waals surface area (Å²) in [5, 5.41) is 19.1. The van der Waals surface area contributed by atoms with Crippen LogP contribution in [0.15, 0.2) is 42.6 Å².